The maximum atomic E-state index is 10.9. The van der Waals surface area contributed by atoms with E-state index in [1.54, 1.807) is 12.1 Å². The summed E-state index contributed by atoms with van der Waals surface area (Å²) in [6.07, 6.45) is 3.97. The third kappa shape index (κ3) is 5.31. The van der Waals surface area contributed by atoms with Gasteiger partial charge in [-0.15, -0.1) is 0 Å². The van der Waals surface area contributed by atoms with Gasteiger partial charge in [-0.05, 0) is 55.7 Å². The van der Waals surface area contributed by atoms with E-state index in [1.807, 2.05) is 49.4 Å². The summed E-state index contributed by atoms with van der Waals surface area (Å²) in [6.45, 7) is 3.59. The van der Waals surface area contributed by atoms with Gasteiger partial charge in [-0.3, -0.25) is 0 Å². The first-order chi connectivity index (χ1) is 16.0. The van der Waals surface area contributed by atoms with E-state index in [-0.39, 0.29) is 0 Å². The second-order valence-electron chi connectivity index (χ2n) is 7.84. The van der Waals surface area contributed by atoms with Crippen molar-refractivity contribution in [1.82, 2.24) is 10.1 Å². The fourth-order valence-corrected chi connectivity index (χ4v) is 3.65. The molecule has 0 aliphatic heterocycles. The third-order valence-electron chi connectivity index (χ3n) is 5.31. The lowest BCUT2D eigenvalue weighted by atomic mass is 10.0. The highest BCUT2D eigenvalue weighted by molar-refractivity contribution is 5.93. The normalized spacial score (nSPS) is 11.0. The molecule has 0 bridgehead atoms. The van der Waals surface area contributed by atoms with Crippen LogP contribution < -0.4 is 9.47 Å². The number of fused-ring (bicyclic) bond motifs is 1. The van der Waals surface area contributed by atoms with Gasteiger partial charge in [-0.1, -0.05) is 43.1 Å². The van der Waals surface area contributed by atoms with E-state index in [0.717, 1.165) is 53.6 Å². The highest BCUT2D eigenvalue weighted by atomic mass is 16.5. The highest BCUT2D eigenvalue weighted by Crippen LogP contribution is 2.35. The summed E-state index contributed by atoms with van der Waals surface area (Å²) in [5, 5.41) is 14.0. The predicted octanol–water partition coefficient (Wildman–Crippen LogP) is 6.19. The molecule has 0 atom stereocenters. The number of para-hydroxylation sites is 1. The van der Waals surface area contributed by atoms with Gasteiger partial charge in [-0.25, -0.2) is 9.78 Å². The van der Waals surface area contributed by atoms with Crippen molar-refractivity contribution in [3.05, 3.63) is 65.9 Å². The van der Waals surface area contributed by atoms with Gasteiger partial charge in [0.15, 0.2) is 12.2 Å². The van der Waals surface area contributed by atoms with E-state index in [9.17, 15) is 4.79 Å². The monoisotopic (exact) mass is 446 g/mol. The van der Waals surface area contributed by atoms with Crippen LogP contribution in [0.2, 0.25) is 0 Å². The van der Waals surface area contributed by atoms with Crippen LogP contribution in [0, 0.1) is 6.92 Å². The first-order valence-electron chi connectivity index (χ1n) is 11.0. The minimum absolute atomic E-state index is 0.414. The quantitative estimate of drug-likeness (QED) is 0.290. The van der Waals surface area contributed by atoms with Gasteiger partial charge < -0.3 is 19.1 Å². The fraction of sp³-hybridized carbons (Fsp3) is 0.269. The Bertz CT molecular complexity index is 1250. The van der Waals surface area contributed by atoms with Crippen molar-refractivity contribution >= 4 is 16.9 Å². The number of aryl methyl sites for hydroxylation is 2. The van der Waals surface area contributed by atoms with Gasteiger partial charge >= 0.3 is 5.97 Å². The number of carboxylic acids is 1. The zero-order chi connectivity index (χ0) is 23.2. The number of nitrogens with zero attached hydrogens (tertiary/aromatic N) is 2. The average molecular weight is 447 g/mol. The minimum atomic E-state index is -1.03. The molecule has 0 radical (unpaired) electrons. The standard InChI is InChI=1S/C26H26N2O5/c1-3-4-6-11-21-19(12-13-24(27-21)32-18-9-7-5-8-10-18)26-20-15-22(31-16-25(29)30)17(2)14-23(20)33-28-26/h5,7-10,12-15H,3-4,6,11,16H2,1-2H3,(H,29,30). The smallest absolute Gasteiger partial charge is 0.341 e. The van der Waals surface area contributed by atoms with Crippen LogP contribution in [0.4, 0.5) is 0 Å². The molecule has 0 aliphatic rings. The van der Waals surface area contributed by atoms with Gasteiger partial charge in [0.1, 0.15) is 17.2 Å². The zero-order valence-corrected chi connectivity index (χ0v) is 18.7. The van der Waals surface area contributed by atoms with Crippen LogP contribution in [0.1, 0.15) is 37.4 Å². The largest absolute Gasteiger partial charge is 0.482 e. The van der Waals surface area contributed by atoms with Gasteiger partial charge in [0.25, 0.3) is 0 Å². The molecule has 170 valence electrons. The molecule has 0 saturated carbocycles. The van der Waals surface area contributed by atoms with Gasteiger partial charge in [0.2, 0.25) is 5.88 Å². The number of hydrogen-bond donors (Lipinski definition) is 1. The highest BCUT2D eigenvalue weighted by Gasteiger charge is 2.18. The number of hydrogen-bond acceptors (Lipinski definition) is 6. The Morgan fingerprint density at radius 3 is 2.67 bits per heavy atom. The van der Waals surface area contributed by atoms with Gasteiger partial charge in [0, 0.05) is 11.6 Å². The van der Waals surface area contributed by atoms with Crippen molar-refractivity contribution < 1.29 is 23.9 Å². The van der Waals surface area contributed by atoms with Gasteiger partial charge in [-0.2, -0.15) is 0 Å². The molecule has 7 heteroatoms. The molecule has 2 heterocycles. The molecule has 0 saturated heterocycles. The minimum Gasteiger partial charge on any atom is -0.482 e. The number of carboxylic acid groups (broad SMARTS) is 1. The Hall–Kier alpha value is -3.87. The lowest BCUT2D eigenvalue weighted by Gasteiger charge is -2.11. The van der Waals surface area contributed by atoms with E-state index >= 15 is 0 Å². The second-order valence-corrected chi connectivity index (χ2v) is 7.84. The molecule has 4 rings (SSSR count). The average Bonchev–Trinajstić information content (AvgIpc) is 3.21. The lowest BCUT2D eigenvalue weighted by molar-refractivity contribution is -0.139. The number of carbonyl (C=O) groups is 1. The SMILES string of the molecule is CCCCCc1nc(Oc2ccccc2)ccc1-c1noc2cc(C)c(OCC(=O)O)cc12. The number of unbranched alkanes of at least 4 members (excludes halogenated alkanes) is 2. The number of rotatable bonds is 10. The zero-order valence-electron chi connectivity index (χ0n) is 18.7. The number of aromatic nitrogens is 2. The van der Waals surface area contributed by atoms with Crippen molar-refractivity contribution in [3.63, 3.8) is 0 Å². The first kappa shape index (κ1) is 22.3. The molecule has 1 N–H and O–H groups in total. The molecule has 33 heavy (non-hydrogen) atoms. The van der Waals surface area contributed by atoms with E-state index in [4.69, 9.17) is 24.1 Å². The summed E-state index contributed by atoms with van der Waals surface area (Å²) in [5.41, 5.74) is 3.77. The van der Waals surface area contributed by atoms with Crippen molar-refractivity contribution in [2.24, 2.45) is 0 Å². The summed E-state index contributed by atoms with van der Waals surface area (Å²) in [4.78, 5) is 15.7. The Kier molecular flexibility index (Phi) is 6.88. The van der Waals surface area contributed by atoms with Crippen molar-refractivity contribution in [3.8, 4) is 28.6 Å². The third-order valence-corrected chi connectivity index (χ3v) is 5.31. The molecule has 0 spiro atoms. The van der Waals surface area contributed by atoms with Crippen LogP contribution in [0.25, 0.3) is 22.2 Å². The molecule has 0 amide bonds. The van der Waals surface area contributed by atoms with E-state index in [1.165, 1.54) is 0 Å². The molecule has 7 nitrogen and oxygen atoms in total. The van der Waals surface area contributed by atoms with Crippen molar-refractivity contribution in [2.45, 2.75) is 39.5 Å². The molecule has 4 aromatic rings. The number of aliphatic carboxylic acids is 1. The summed E-state index contributed by atoms with van der Waals surface area (Å²) >= 11 is 0. The topological polar surface area (TPSA) is 94.7 Å². The van der Waals surface area contributed by atoms with Crippen LogP contribution in [0.15, 0.2) is 59.1 Å². The van der Waals surface area contributed by atoms with Crippen LogP contribution in [0.5, 0.6) is 17.4 Å². The number of ether oxygens (including phenoxy) is 2. The molecule has 0 fully saturated rings. The number of benzene rings is 2. The first-order valence-corrected chi connectivity index (χ1v) is 11.0. The lowest BCUT2D eigenvalue weighted by Crippen LogP contribution is -2.10. The number of pyridine rings is 1. The molecular formula is C26H26N2O5. The second kappa shape index (κ2) is 10.2. The molecular weight excluding hydrogens is 420 g/mol. The molecule has 0 unspecified atom stereocenters. The van der Waals surface area contributed by atoms with Crippen molar-refractivity contribution in [2.75, 3.05) is 6.61 Å². The maximum Gasteiger partial charge on any atom is 0.341 e. The summed E-state index contributed by atoms with van der Waals surface area (Å²) in [6, 6.07) is 16.9. The summed E-state index contributed by atoms with van der Waals surface area (Å²) in [5.74, 6) is 0.695. The Morgan fingerprint density at radius 2 is 1.91 bits per heavy atom. The Labute approximate surface area is 192 Å². The predicted molar refractivity (Wildman–Crippen MR) is 125 cm³/mol. The van der Waals surface area contributed by atoms with Gasteiger partial charge in [0.05, 0.1) is 11.1 Å². The van der Waals surface area contributed by atoms with Crippen LogP contribution in [-0.4, -0.2) is 27.8 Å². The van der Waals surface area contributed by atoms with E-state index in [0.29, 0.717) is 22.9 Å². The van der Waals surface area contributed by atoms with Crippen LogP contribution in [0.3, 0.4) is 0 Å². The van der Waals surface area contributed by atoms with E-state index < -0.39 is 12.6 Å². The van der Waals surface area contributed by atoms with Crippen LogP contribution in [-0.2, 0) is 11.2 Å². The molecule has 2 aromatic carbocycles. The Morgan fingerprint density at radius 1 is 1.09 bits per heavy atom. The van der Waals surface area contributed by atoms with E-state index in [2.05, 4.69) is 12.1 Å². The fourth-order valence-electron chi connectivity index (χ4n) is 3.65. The maximum absolute atomic E-state index is 10.9. The molecule has 0 aliphatic carbocycles. The van der Waals surface area contributed by atoms with Crippen molar-refractivity contribution in [1.29, 1.82) is 0 Å². The Balaban J connectivity index is 1.72. The molecule has 2 aromatic heterocycles. The summed E-state index contributed by atoms with van der Waals surface area (Å²) in [7, 11) is 0. The van der Waals surface area contributed by atoms with Crippen LogP contribution >= 0.6 is 0 Å². The summed E-state index contributed by atoms with van der Waals surface area (Å²) < 4.78 is 17.0.